The summed E-state index contributed by atoms with van der Waals surface area (Å²) in [6.45, 7) is 3.97. The molecule has 0 saturated carbocycles. The summed E-state index contributed by atoms with van der Waals surface area (Å²) in [7, 11) is 1.61. The Morgan fingerprint density at radius 1 is 0.750 bits per heavy atom. The van der Waals surface area contributed by atoms with Crippen LogP contribution in [0.15, 0.2) is 0 Å². The molecule has 0 aliphatic carbocycles. The molecule has 0 radical (unpaired) electrons. The molecule has 0 aromatic heterocycles. The number of carbonyl (C=O) groups excluding carboxylic acids is 1. The van der Waals surface area contributed by atoms with Crippen LogP contribution < -0.4 is 5.32 Å². The highest BCUT2D eigenvalue weighted by Crippen LogP contribution is 2.43. The van der Waals surface area contributed by atoms with Crippen LogP contribution in [0.1, 0.15) is 142 Å². The number of phosphoric ester groups is 1. The number of nitrogens with one attached hydrogen (secondary N) is 1. The third-order valence-electron chi connectivity index (χ3n) is 7.39. The zero-order chi connectivity index (χ0) is 30.1. The van der Waals surface area contributed by atoms with Crippen molar-refractivity contribution in [2.75, 3.05) is 40.9 Å². The molecule has 0 aromatic rings. The van der Waals surface area contributed by atoms with Gasteiger partial charge in [0.15, 0.2) is 0 Å². The van der Waals surface area contributed by atoms with Crippen LogP contribution in [0.3, 0.4) is 0 Å². The smallest absolute Gasteiger partial charge is 0.391 e. The molecular formula is C31H66N2O6P+. The van der Waals surface area contributed by atoms with E-state index in [4.69, 9.17) is 9.05 Å². The van der Waals surface area contributed by atoms with Gasteiger partial charge in [-0.3, -0.25) is 13.8 Å². The Morgan fingerprint density at radius 3 is 1.52 bits per heavy atom. The number of aliphatic hydroxyl groups excluding tert-OH is 1. The molecule has 3 unspecified atom stereocenters. The minimum atomic E-state index is -4.26. The third-order valence-corrected chi connectivity index (χ3v) is 8.37. The predicted octanol–water partition coefficient (Wildman–Crippen LogP) is 7.51. The minimum Gasteiger partial charge on any atom is -0.391 e. The van der Waals surface area contributed by atoms with Crippen LogP contribution in [0.5, 0.6) is 0 Å². The number of hydrogen-bond donors (Lipinski definition) is 3. The molecule has 9 heteroatoms. The topological polar surface area (TPSA) is 105 Å². The van der Waals surface area contributed by atoms with Crippen molar-refractivity contribution < 1.29 is 32.9 Å². The molecule has 40 heavy (non-hydrogen) atoms. The number of quaternary nitrogens is 1. The maximum atomic E-state index is 12.2. The summed E-state index contributed by atoms with van der Waals surface area (Å²) in [6, 6.07) is -0.754. The molecule has 240 valence electrons. The first-order valence-electron chi connectivity index (χ1n) is 16.3. The van der Waals surface area contributed by atoms with Crippen LogP contribution in [0.25, 0.3) is 0 Å². The number of carbonyl (C=O) groups is 1. The Morgan fingerprint density at radius 2 is 1.15 bits per heavy atom. The first kappa shape index (κ1) is 39.5. The van der Waals surface area contributed by atoms with E-state index in [0.29, 0.717) is 17.4 Å². The van der Waals surface area contributed by atoms with Crippen LogP contribution in [-0.4, -0.2) is 73.4 Å². The quantitative estimate of drug-likeness (QED) is 0.0471. The largest absolute Gasteiger partial charge is 0.472 e. The fourth-order valence-corrected chi connectivity index (χ4v) is 5.52. The summed E-state index contributed by atoms with van der Waals surface area (Å²) < 4.78 is 22.9. The summed E-state index contributed by atoms with van der Waals surface area (Å²) in [5, 5.41) is 13.2. The average Bonchev–Trinajstić information content (AvgIpc) is 2.86. The van der Waals surface area contributed by atoms with Crippen molar-refractivity contribution >= 4 is 13.7 Å². The molecular weight excluding hydrogens is 527 g/mol. The summed E-state index contributed by atoms with van der Waals surface area (Å²) in [5.74, 6) is -0.320. The normalized spacial score (nSPS) is 15.1. The van der Waals surface area contributed by atoms with Gasteiger partial charge in [-0.1, -0.05) is 129 Å². The second kappa shape index (κ2) is 25.0. The Hall–Kier alpha value is -0.500. The molecule has 3 atom stereocenters. The highest BCUT2D eigenvalue weighted by molar-refractivity contribution is 7.47. The van der Waals surface area contributed by atoms with Gasteiger partial charge in [-0.25, -0.2) is 4.57 Å². The van der Waals surface area contributed by atoms with Gasteiger partial charge in [0.2, 0.25) is 5.91 Å². The minimum absolute atomic E-state index is 0.0734. The zero-order valence-corrected chi connectivity index (χ0v) is 27.7. The highest BCUT2D eigenvalue weighted by Gasteiger charge is 2.27. The number of hydrogen-bond acceptors (Lipinski definition) is 5. The van der Waals surface area contributed by atoms with E-state index < -0.39 is 20.0 Å². The van der Waals surface area contributed by atoms with Gasteiger partial charge in [0.1, 0.15) is 13.2 Å². The summed E-state index contributed by atoms with van der Waals surface area (Å²) in [5.41, 5.74) is 0. The fourth-order valence-electron chi connectivity index (χ4n) is 4.78. The average molecular weight is 594 g/mol. The van der Waals surface area contributed by atoms with Gasteiger partial charge in [0.25, 0.3) is 0 Å². The molecule has 0 heterocycles. The molecule has 0 aliphatic rings. The van der Waals surface area contributed by atoms with Crippen molar-refractivity contribution in [2.45, 2.75) is 154 Å². The first-order chi connectivity index (χ1) is 19.0. The molecule has 0 bridgehead atoms. The molecule has 0 spiro atoms. The monoisotopic (exact) mass is 593 g/mol. The second-order valence-corrected chi connectivity index (χ2v) is 14.1. The number of rotatable bonds is 29. The predicted molar refractivity (Wildman–Crippen MR) is 166 cm³/mol. The van der Waals surface area contributed by atoms with E-state index in [1.54, 1.807) is 0 Å². The van der Waals surface area contributed by atoms with Gasteiger partial charge in [0.05, 0.1) is 39.9 Å². The molecule has 0 aliphatic heterocycles. The number of nitrogens with zero attached hydrogens (tertiary/aromatic N) is 1. The van der Waals surface area contributed by atoms with Crippen molar-refractivity contribution in [1.29, 1.82) is 0 Å². The summed E-state index contributed by atoms with van der Waals surface area (Å²) in [4.78, 5) is 21.5. The van der Waals surface area contributed by atoms with Gasteiger partial charge in [0, 0.05) is 6.92 Å². The highest BCUT2D eigenvalue weighted by atomic mass is 31.2. The van der Waals surface area contributed by atoms with Gasteiger partial charge in [-0.15, -0.1) is 0 Å². The molecule has 0 rings (SSSR count). The van der Waals surface area contributed by atoms with Crippen molar-refractivity contribution in [1.82, 2.24) is 5.32 Å². The number of amides is 1. The lowest BCUT2D eigenvalue weighted by Crippen LogP contribution is -2.45. The van der Waals surface area contributed by atoms with E-state index in [9.17, 15) is 19.4 Å². The van der Waals surface area contributed by atoms with Crippen LogP contribution in [0.4, 0.5) is 0 Å². The van der Waals surface area contributed by atoms with Crippen molar-refractivity contribution in [2.24, 2.45) is 0 Å². The van der Waals surface area contributed by atoms with E-state index in [1.165, 1.54) is 110 Å². The fraction of sp³-hybridized carbons (Fsp3) is 0.968. The molecule has 1 amide bonds. The maximum Gasteiger partial charge on any atom is 0.472 e. The molecule has 0 aromatic carbocycles. The molecule has 8 nitrogen and oxygen atoms in total. The lowest BCUT2D eigenvalue weighted by atomic mass is 10.0. The number of phosphoric acid groups is 1. The van der Waals surface area contributed by atoms with E-state index >= 15 is 0 Å². The Labute approximate surface area is 247 Å². The van der Waals surface area contributed by atoms with Gasteiger partial charge >= 0.3 is 7.82 Å². The van der Waals surface area contributed by atoms with Crippen LogP contribution >= 0.6 is 7.82 Å². The Bertz CT molecular complexity index is 644. The van der Waals surface area contributed by atoms with E-state index in [-0.39, 0.29) is 19.1 Å². The maximum absolute atomic E-state index is 12.2. The molecule has 3 N–H and O–H groups in total. The van der Waals surface area contributed by atoms with Gasteiger partial charge in [-0.2, -0.15) is 0 Å². The summed E-state index contributed by atoms with van der Waals surface area (Å²) in [6.07, 6.45) is 24.6. The summed E-state index contributed by atoms with van der Waals surface area (Å²) >= 11 is 0. The lowest BCUT2D eigenvalue weighted by molar-refractivity contribution is -0.870. The second-order valence-electron chi connectivity index (χ2n) is 12.6. The van der Waals surface area contributed by atoms with Gasteiger partial charge < -0.3 is 19.8 Å². The Balaban J connectivity index is 3.79. The SMILES string of the molecule is CCCCCCCCCCCCCCCCCCCCCC(O)C(COP(=O)(O)OCC[N+](C)(C)C)NC(C)=O. The van der Waals surface area contributed by atoms with E-state index in [2.05, 4.69) is 12.2 Å². The van der Waals surface area contributed by atoms with E-state index in [1.807, 2.05) is 21.1 Å². The third kappa shape index (κ3) is 27.7. The molecule has 0 saturated heterocycles. The van der Waals surface area contributed by atoms with Crippen LogP contribution in [0, 0.1) is 0 Å². The van der Waals surface area contributed by atoms with Crippen molar-refractivity contribution in [3.05, 3.63) is 0 Å². The van der Waals surface area contributed by atoms with Gasteiger partial charge in [-0.05, 0) is 6.42 Å². The Kier molecular flexibility index (Phi) is 24.7. The molecule has 0 fully saturated rings. The van der Waals surface area contributed by atoms with Crippen molar-refractivity contribution in [3.63, 3.8) is 0 Å². The first-order valence-corrected chi connectivity index (χ1v) is 17.8. The van der Waals surface area contributed by atoms with Crippen LogP contribution in [-0.2, 0) is 18.4 Å². The van der Waals surface area contributed by atoms with Crippen molar-refractivity contribution in [3.8, 4) is 0 Å². The standard InChI is InChI=1S/C31H65N2O6P/c1-6-7-8-9-10-11-12-13-14-15-16-17-18-19-20-21-22-23-24-25-31(35)30(32-29(2)34)28-39-40(36,37)38-27-26-33(3,4)5/h30-31,35H,6-28H2,1-5H3,(H-,32,34,36,37)/p+1. The number of unbranched alkanes of at least 4 members (excludes halogenated alkanes) is 18. The number of aliphatic hydroxyl groups is 1. The van der Waals surface area contributed by atoms with Crippen LogP contribution in [0.2, 0.25) is 0 Å². The number of likely N-dealkylation sites (N-methyl/N-ethyl adjacent to an activating group) is 1. The zero-order valence-electron chi connectivity index (χ0n) is 26.8. The lowest BCUT2D eigenvalue weighted by Gasteiger charge is -2.26. The van der Waals surface area contributed by atoms with E-state index in [0.717, 1.165) is 19.3 Å².